The quantitative estimate of drug-likeness (QED) is 0.338. The van der Waals surface area contributed by atoms with Crippen LogP contribution in [0.5, 0.6) is 0 Å². The molecule has 2 amide bonds. The molecular formula is C22H27ClIN5O2. The highest BCUT2D eigenvalue weighted by Crippen LogP contribution is 2.16. The largest absolute Gasteiger partial charge is 0.353 e. The van der Waals surface area contributed by atoms with Gasteiger partial charge in [0, 0.05) is 50.9 Å². The van der Waals surface area contributed by atoms with Gasteiger partial charge in [-0.3, -0.25) is 14.6 Å². The Kier molecular flexibility index (Phi) is 9.57. The summed E-state index contributed by atoms with van der Waals surface area (Å²) in [7, 11) is 3.69. The van der Waals surface area contributed by atoms with E-state index in [0.29, 0.717) is 31.7 Å². The van der Waals surface area contributed by atoms with Crippen molar-refractivity contribution in [2.45, 2.75) is 13.1 Å². The number of halogens is 2. The highest BCUT2D eigenvalue weighted by molar-refractivity contribution is 14.0. The summed E-state index contributed by atoms with van der Waals surface area (Å²) < 4.78 is 0. The number of amides is 2. The Morgan fingerprint density at radius 3 is 2.58 bits per heavy atom. The zero-order valence-electron chi connectivity index (χ0n) is 17.6. The van der Waals surface area contributed by atoms with Crippen LogP contribution in [-0.4, -0.2) is 61.3 Å². The van der Waals surface area contributed by atoms with Gasteiger partial charge < -0.3 is 20.4 Å². The molecule has 2 aromatic carbocycles. The summed E-state index contributed by atoms with van der Waals surface area (Å²) >= 11 is 6.25. The Hall–Kier alpha value is -2.33. The molecule has 3 rings (SSSR count). The Morgan fingerprint density at radius 2 is 1.94 bits per heavy atom. The van der Waals surface area contributed by atoms with Gasteiger partial charge in [0.25, 0.3) is 5.91 Å². The van der Waals surface area contributed by atoms with Gasteiger partial charge in [0.1, 0.15) is 0 Å². The fraction of sp³-hybridized carbons (Fsp3) is 0.318. The van der Waals surface area contributed by atoms with Crippen molar-refractivity contribution in [2.75, 3.05) is 33.7 Å². The molecule has 166 valence electrons. The third-order valence-corrected chi connectivity index (χ3v) is 5.28. The van der Waals surface area contributed by atoms with Crippen LogP contribution in [0.4, 0.5) is 0 Å². The van der Waals surface area contributed by atoms with Crippen molar-refractivity contribution in [3.63, 3.8) is 0 Å². The summed E-state index contributed by atoms with van der Waals surface area (Å²) in [4.78, 5) is 31.9. The zero-order valence-corrected chi connectivity index (χ0v) is 20.7. The SMILES string of the molecule is CN=C(NCc1ccc(C(=O)N2CCNC(=O)C2)cc1)N(C)Cc1ccccc1Cl.I. The zero-order chi connectivity index (χ0) is 21.5. The van der Waals surface area contributed by atoms with Crippen molar-refractivity contribution in [2.24, 2.45) is 4.99 Å². The molecule has 31 heavy (non-hydrogen) atoms. The Bertz CT molecular complexity index is 936. The summed E-state index contributed by atoms with van der Waals surface area (Å²) in [5, 5.41) is 6.78. The highest BCUT2D eigenvalue weighted by Gasteiger charge is 2.22. The van der Waals surface area contributed by atoms with E-state index in [0.717, 1.165) is 22.1 Å². The average molecular weight is 556 g/mol. The number of nitrogens with zero attached hydrogens (tertiary/aromatic N) is 3. The van der Waals surface area contributed by atoms with Gasteiger partial charge in [-0.05, 0) is 29.3 Å². The number of nitrogens with one attached hydrogen (secondary N) is 2. The van der Waals surface area contributed by atoms with Gasteiger partial charge in [-0.1, -0.05) is 41.9 Å². The van der Waals surface area contributed by atoms with Gasteiger partial charge in [-0.2, -0.15) is 0 Å². The number of piperazine rings is 1. The number of rotatable bonds is 5. The number of benzene rings is 2. The molecule has 0 radical (unpaired) electrons. The molecule has 9 heteroatoms. The van der Waals surface area contributed by atoms with Crippen LogP contribution in [0.3, 0.4) is 0 Å². The van der Waals surface area contributed by atoms with Crippen LogP contribution >= 0.6 is 35.6 Å². The van der Waals surface area contributed by atoms with Crippen LogP contribution in [-0.2, 0) is 17.9 Å². The maximum atomic E-state index is 12.6. The second-order valence-corrected chi connectivity index (χ2v) is 7.53. The molecule has 0 aliphatic carbocycles. The normalized spacial score (nSPS) is 13.8. The molecule has 0 spiro atoms. The molecule has 2 N–H and O–H groups in total. The van der Waals surface area contributed by atoms with Crippen LogP contribution in [0.25, 0.3) is 0 Å². The minimum atomic E-state index is -0.125. The lowest BCUT2D eigenvalue weighted by Gasteiger charge is -2.26. The van der Waals surface area contributed by atoms with Gasteiger partial charge in [-0.15, -0.1) is 24.0 Å². The minimum Gasteiger partial charge on any atom is -0.353 e. The lowest BCUT2D eigenvalue weighted by atomic mass is 10.1. The van der Waals surface area contributed by atoms with Crippen LogP contribution < -0.4 is 10.6 Å². The van der Waals surface area contributed by atoms with Gasteiger partial charge in [0.2, 0.25) is 5.91 Å². The van der Waals surface area contributed by atoms with Crippen LogP contribution in [0.15, 0.2) is 53.5 Å². The lowest BCUT2D eigenvalue weighted by Crippen LogP contribution is -2.49. The number of hydrogen-bond donors (Lipinski definition) is 2. The molecule has 0 aromatic heterocycles. The Balaban J connectivity index is 0.00000341. The summed E-state index contributed by atoms with van der Waals surface area (Å²) in [6.07, 6.45) is 0. The highest BCUT2D eigenvalue weighted by atomic mass is 127. The number of guanidine groups is 1. The predicted molar refractivity (Wildman–Crippen MR) is 134 cm³/mol. The molecule has 1 aliphatic heterocycles. The topological polar surface area (TPSA) is 77.0 Å². The first-order valence-electron chi connectivity index (χ1n) is 9.78. The van der Waals surface area contributed by atoms with E-state index in [1.54, 1.807) is 24.1 Å². The molecule has 1 aliphatic rings. The number of carbonyl (C=O) groups is 2. The standard InChI is InChI=1S/C22H26ClN5O2.HI/c1-24-22(27(2)14-18-5-3-4-6-19(18)23)26-13-16-7-9-17(10-8-16)21(30)28-12-11-25-20(29)15-28;/h3-10H,11-15H2,1-2H3,(H,24,26)(H,25,29);1H. The van der Waals surface area contributed by atoms with Crippen molar-refractivity contribution in [1.29, 1.82) is 0 Å². The molecule has 0 saturated carbocycles. The second kappa shape index (κ2) is 11.9. The monoisotopic (exact) mass is 555 g/mol. The molecule has 0 atom stereocenters. The minimum absolute atomic E-state index is 0. The summed E-state index contributed by atoms with van der Waals surface area (Å²) in [6, 6.07) is 15.1. The first-order chi connectivity index (χ1) is 14.5. The van der Waals surface area contributed by atoms with Crippen LogP contribution in [0.1, 0.15) is 21.5 Å². The average Bonchev–Trinajstić information content (AvgIpc) is 2.76. The fourth-order valence-corrected chi connectivity index (χ4v) is 3.48. The third kappa shape index (κ3) is 6.83. The maximum Gasteiger partial charge on any atom is 0.254 e. The van der Waals surface area contributed by atoms with Crippen molar-refractivity contribution >= 4 is 53.4 Å². The molecule has 0 bridgehead atoms. The van der Waals surface area contributed by atoms with E-state index in [2.05, 4.69) is 15.6 Å². The molecule has 2 aromatic rings. The van der Waals surface area contributed by atoms with E-state index >= 15 is 0 Å². The summed E-state index contributed by atoms with van der Waals surface area (Å²) in [6.45, 7) is 2.34. The van der Waals surface area contributed by atoms with E-state index in [-0.39, 0.29) is 42.3 Å². The van der Waals surface area contributed by atoms with E-state index in [1.165, 1.54) is 0 Å². The van der Waals surface area contributed by atoms with Crippen molar-refractivity contribution in [1.82, 2.24) is 20.4 Å². The Morgan fingerprint density at radius 1 is 1.23 bits per heavy atom. The lowest BCUT2D eigenvalue weighted by molar-refractivity contribution is -0.123. The molecule has 0 unspecified atom stereocenters. The third-order valence-electron chi connectivity index (χ3n) is 4.92. The molecule has 1 heterocycles. The number of aliphatic imine (C=N–C) groups is 1. The number of hydrogen-bond acceptors (Lipinski definition) is 3. The van der Waals surface area contributed by atoms with Crippen molar-refractivity contribution in [3.05, 3.63) is 70.2 Å². The smallest absolute Gasteiger partial charge is 0.254 e. The van der Waals surface area contributed by atoms with Crippen LogP contribution in [0, 0.1) is 0 Å². The van der Waals surface area contributed by atoms with E-state index in [9.17, 15) is 9.59 Å². The molecular weight excluding hydrogens is 529 g/mol. The van der Waals surface area contributed by atoms with Gasteiger partial charge in [0.15, 0.2) is 5.96 Å². The van der Waals surface area contributed by atoms with Crippen LogP contribution in [0.2, 0.25) is 5.02 Å². The molecule has 7 nitrogen and oxygen atoms in total. The van der Waals surface area contributed by atoms with Crippen molar-refractivity contribution < 1.29 is 9.59 Å². The van der Waals surface area contributed by atoms with Gasteiger partial charge in [0.05, 0.1) is 6.54 Å². The summed E-state index contributed by atoms with van der Waals surface area (Å²) in [5.74, 6) is 0.497. The number of carbonyl (C=O) groups excluding carboxylic acids is 2. The van der Waals surface area contributed by atoms with Gasteiger partial charge in [-0.25, -0.2) is 0 Å². The maximum absolute atomic E-state index is 12.6. The Labute approximate surface area is 204 Å². The first-order valence-corrected chi connectivity index (χ1v) is 10.2. The fourth-order valence-electron chi connectivity index (χ4n) is 3.28. The predicted octanol–water partition coefficient (Wildman–Crippen LogP) is 2.74. The summed E-state index contributed by atoms with van der Waals surface area (Å²) in [5.41, 5.74) is 2.63. The molecule has 1 saturated heterocycles. The van der Waals surface area contributed by atoms with E-state index < -0.39 is 0 Å². The van der Waals surface area contributed by atoms with Gasteiger partial charge >= 0.3 is 0 Å². The first kappa shape index (κ1) is 24.9. The molecule has 1 fully saturated rings. The van der Waals surface area contributed by atoms with Crippen molar-refractivity contribution in [3.8, 4) is 0 Å². The van der Waals surface area contributed by atoms with E-state index in [1.807, 2.05) is 48.3 Å². The van der Waals surface area contributed by atoms with E-state index in [4.69, 9.17) is 11.6 Å². The second-order valence-electron chi connectivity index (χ2n) is 7.12.